The van der Waals surface area contributed by atoms with Crippen LogP contribution in [0.4, 0.5) is 0 Å². The van der Waals surface area contributed by atoms with Crippen molar-refractivity contribution in [2.24, 2.45) is 0 Å². The van der Waals surface area contributed by atoms with Crippen molar-refractivity contribution in [1.29, 1.82) is 0 Å². The van der Waals surface area contributed by atoms with E-state index in [1.165, 1.54) is 41.9 Å². The third-order valence-electron chi connectivity index (χ3n) is 4.67. The van der Waals surface area contributed by atoms with Crippen molar-refractivity contribution < 1.29 is 22.4 Å². The fourth-order valence-electron chi connectivity index (χ4n) is 3.05. The Morgan fingerprint density at radius 1 is 1.23 bits per heavy atom. The van der Waals surface area contributed by atoms with E-state index in [0.29, 0.717) is 23.8 Å². The van der Waals surface area contributed by atoms with Crippen LogP contribution in [0.3, 0.4) is 0 Å². The maximum Gasteiger partial charge on any atom is 0.251 e. The minimum Gasteiger partial charge on any atom is -0.443 e. The molecule has 1 fully saturated rings. The lowest BCUT2D eigenvalue weighted by Crippen LogP contribution is -2.31. The van der Waals surface area contributed by atoms with E-state index in [4.69, 9.17) is 9.15 Å². The monoisotopic (exact) mass is 447 g/mol. The van der Waals surface area contributed by atoms with Crippen LogP contribution in [0, 0.1) is 0 Å². The largest absolute Gasteiger partial charge is 0.443 e. The average Bonchev–Trinajstić information content (AvgIpc) is 3.53. The highest BCUT2D eigenvalue weighted by Gasteiger charge is 2.20. The molecule has 3 heterocycles. The molecule has 0 bridgehead atoms. The number of hydrogen-bond acceptors (Lipinski definition) is 7. The van der Waals surface area contributed by atoms with Gasteiger partial charge in [0.25, 0.3) is 5.91 Å². The summed E-state index contributed by atoms with van der Waals surface area (Å²) in [6.45, 7) is 1.12. The highest BCUT2D eigenvalue weighted by molar-refractivity contribution is 7.89. The van der Waals surface area contributed by atoms with Crippen molar-refractivity contribution in [3.05, 3.63) is 59.3 Å². The molecule has 1 atom stereocenters. The van der Waals surface area contributed by atoms with Gasteiger partial charge in [0.1, 0.15) is 6.26 Å². The minimum atomic E-state index is -3.65. The van der Waals surface area contributed by atoms with Crippen LogP contribution in [0.5, 0.6) is 0 Å². The van der Waals surface area contributed by atoms with Gasteiger partial charge in [0.05, 0.1) is 28.1 Å². The molecule has 1 saturated heterocycles. The van der Waals surface area contributed by atoms with Crippen molar-refractivity contribution in [3.63, 3.8) is 0 Å². The summed E-state index contributed by atoms with van der Waals surface area (Å²) < 4.78 is 38.2. The smallest absolute Gasteiger partial charge is 0.251 e. The Bertz CT molecular complexity index is 1090. The lowest BCUT2D eigenvalue weighted by atomic mass is 10.2. The molecule has 2 N–H and O–H groups in total. The number of carbonyl (C=O) groups excluding carboxylic acids is 1. The Balaban J connectivity index is 1.32. The van der Waals surface area contributed by atoms with Gasteiger partial charge in [0.15, 0.2) is 0 Å². The maximum absolute atomic E-state index is 12.4. The van der Waals surface area contributed by atoms with Gasteiger partial charge in [0, 0.05) is 18.7 Å². The topological polar surface area (TPSA) is 111 Å². The normalized spacial score (nSPS) is 16.6. The zero-order valence-electron chi connectivity index (χ0n) is 16.0. The van der Waals surface area contributed by atoms with Gasteiger partial charge < -0.3 is 14.5 Å². The highest BCUT2D eigenvalue weighted by atomic mass is 32.2. The maximum atomic E-state index is 12.4. The quantitative estimate of drug-likeness (QED) is 0.549. The third kappa shape index (κ3) is 4.96. The van der Waals surface area contributed by atoms with E-state index in [9.17, 15) is 13.2 Å². The number of oxazole rings is 1. The Labute approximate surface area is 178 Å². The number of nitrogens with one attached hydrogen (secondary N) is 2. The van der Waals surface area contributed by atoms with E-state index in [-0.39, 0.29) is 30.0 Å². The molecule has 10 heteroatoms. The van der Waals surface area contributed by atoms with Gasteiger partial charge in [0.2, 0.25) is 15.9 Å². The van der Waals surface area contributed by atoms with Crippen LogP contribution >= 0.6 is 11.3 Å². The van der Waals surface area contributed by atoms with Crippen LogP contribution in [0.2, 0.25) is 0 Å². The van der Waals surface area contributed by atoms with Gasteiger partial charge in [-0.2, -0.15) is 0 Å². The summed E-state index contributed by atoms with van der Waals surface area (Å²) in [5.74, 6) is 0.186. The number of rotatable bonds is 8. The van der Waals surface area contributed by atoms with Crippen molar-refractivity contribution in [3.8, 4) is 10.8 Å². The van der Waals surface area contributed by atoms with Gasteiger partial charge in [-0.05, 0) is 48.6 Å². The summed E-state index contributed by atoms with van der Waals surface area (Å²) in [4.78, 5) is 17.7. The summed E-state index contributed by atoms with van der Waals surface area (Å²) in [7, 11) is -3.65. The van der Waals surface area contributed by atoms with Gasteiger partial charge in [-0.3, -0.25) is 4.79 Å². The molecule has 30 heavy (non-hydrogen) atoms. The van der Waals surface area contributed by atoms with Gasteiger partial charge >= 0.3 is 0 Å². The molecule has 1 aromatic carbocycles. The van der Waals surface area contributed by atoms with Crippen molar-refractivity contribution in [1.82, 2.24) is 15.0 Å². The van der Waals surface area contributed by atoms with Gasteiger partial charge in [-0.25, -0.2) is 18.1 Å². The number of sulfonamides is 1. The molecule has 0 radical (unpaired) electrons. The minimum absolute atomic E-state index is 0.0818. The summed E-state index contributed by atoms with van der Waals surface area (Å²) in [6.07, 6.45) is 3.22. The Kier molecular flexibility index (Phi) is 6.28. The molecule has 8 nitrogen and oxygen atoms in total. The Morgan fingerprint density at radius 2 is 2.07 bits per heavy atom. The number of amides is 1. The van der Waals surface area contributed by atoms with Crippen LogP contribution < -0.4 is 10.0 Å². The van der Waals surface area contributed by atoms with Crippen LogP contribution in [0.15, 0.2) is 57.4 Å². The molecule has 3 aromatic rings. The second-order valence-corrected chi connectivity index (χ2v) is 9.53. The first kappa shape index (κ1) is 20.7. The summed E-state index contributed by atoms with van der Waals surface area (Å²) in [5.41, 5.74) is 0.958. The molecule has 4 rings (SSSR count). The van der Waals surface area contributed by atoms with Crippen LogP contribution in [-0.2, 0) is 21.3 Å². The predicted octanol–water partition coefficient (Wildman–Crippen LogP) is 2.79. The lowest BCUT2D eigenvalue weighted by Gasteiger charge is -2.11. The molecule has 2 aromatic heterocycles. The Morgan fingerprint density at radius 3 is 2.77 bits per heavy atom. The number of carbonyl (C=O) groups is 1. The number of aromatic nitrogens is 1. The second kappa shape index (κ2) is 9.09. The van der Waals surface area contributed by atoms with E-state index in [0.717, 1.165) is 17.7 Å². The molecule has 0 saturated carbocycles. The molecular weight excluding hydrogens is 426 g/mol. The molecule has 1 aliphatic rings. The standard InChI is InChI=1S/C20H21N3O5S2/c24-19(21-11-15-13-28-20(23-15)18-4-2-10-29-18)14-5-7-17(8-6-14)30(25,26)22-12-16-3-1-9-27-16/h2,4-8,10,13,16,22H,1,3,9,11-12H2,(H,21,24). The third-order valence-corrected chi connectivity index (χ3v) is 6.96. The number of nitrogens with zero attached hydrogens (tertiary/aromatic N) is 1. The number of thiophene rings is 1. The first-order valence-electron chi connectivity index (χ1n) is 9.49. The molecule has 158 valence electrons. The van der Waals surface area contributed by atoms with Crippen LogP contribution in [0.1, 0.15) is 28.9 Å². The molecule has 0 aliphatic carbocycles. The van der Waals surface area contributed by atoms with E-state index >= 15 is 0 Å². The van der Waals surface area contributed by atoms with Crippen LogP contribution in [0.25, 0.3) is 10.8 Å². The second-order valence-electron chi connectivity index (χ2n) is 6.82. The average molecular weight is 448 g/mol. The highest BCUT2D eigenvalue weighted by Crippen LogP contribution is 2.23. The zero-order valence-corrected chi connectivity index (χ0v) is 17.7. The molecule has 1 unspecified atom stereocenters. The number of benzene rings is 1. The first-order valence-corrected chi connectivity index (χ1v) is 11.9. The van der Waals surface area contributed by atoms with Crippen molar-refractivity contribution in [2.45, 2.75) is 30.4 Å². The summed E-state index contributed by atoms with van der Waals surface area (Å²) in [6, 6.07) is 9.61. The molecule has 1 aliphatic heterocycles. The van der Waals surface area contributed by atoms with E-state index in [1.54, 1.807) is 0 Å². The van der Waals surface area contributed by atoms with E-state index < -0.39 is 10.0 Å². The Hall–Kier alpha value is -2.53. The van der Waals surface area contributed by atoms with Crippen LogP contribution in [-0.4, -0.2) is 38.6 Å². The molecule has 0 spiro atoms. The van der Waals surface area contributed by atoms with Gasteiger partial charge in [-0.15, -0.1) is 11.3 Å². The van der Waals surface area contributed by atoms with E-state index in [1.807, 2.05) is 17.5 Å². The lowest BCUT2D eigenvalue weighted by molar-refractivity contribution is 0.0950. The SMILES string of the molecule is O=C(NCc1coc(-c2cccs2)n1)c1ccc(S(=O)(=O)NCC2CCCO2)cc1. The molecular formula is C20H21N3O5S2. The summed E-state index contributed by atoms with van der Waals surface area (Å²) >= 11 is 1.52. The van der Waals surface area contributed by atoms with Gasteiger partial charge in [-0.1, -0.05) is 6.07 Å². The number of ether oxygens (including phenoxy) is 1. The zero-order chi connectivity index (χ0) is 21.0. The first-order chi connectivity index (χ1) is 14.5. The van der Waals surface area contributed by atoms with Crippen molar-refractivity contribution in [2.75, 3.05) is 13.2 Å². The fraction of sp³-hybridized carbons (Fsp3) is 0.300. The van der Waals surface area contributed by atoms with E-state index in [2.05, 4.69) is 15.0 Å². The predicted molar refractivity (Wildman–Crippen MR) is 112 cm³/mol. The number of hydrogen-bond donors (Lipinski definition) is 2. The van der Waals surface area contributed by atoms with Crippen molar-refractivity contribution >= 4 is 27.3 Å². The molecule has 1 amide bonds. The fourth-order valence-corrected chi connectivity index (χ4v) is 4.77. The summed E-state index contributed by atoms with van der Waals surface area (Å²) in [5, 5.41) is 4.69.